The van der Waals surface area contributed by atoms with E-state index in [0.717, 1.165) is 30.4 Å². The van der Waals surface area contributed by atoms with Crippen molar-refractivity contribution in [1.29, 1.82) is 0 Å². The van der Waals surface area contributed by atoms with Crippen LogP contribution in [0.25, 0.3) is 5.57 Å². The van der Waals surface area contributed by atoms with E-state index in [1.165, 1.54) is 0 Å². The van der Waals surface area contributed by atoms with Gasteiger partial charge in [0.1, 0.15) is 0 Å². The van der Waals surface area contributed by atoms with E-state index in [2.05, 4.69) is 19.2 Å². The molecule has 0 radical (unpaired) electrons. The normalized spacial score (nSPS) is 13.8. The molecule has 0 fully saturated rings. The zero-order valence-corrected chi connectivity index (χ0v) is 13.0. The van der Waals surface area contributed by atoms with Crippen LogP contribution in [0.1, 0.15) is 62.4 Å². The fourth-order valence-corrected chi connectivity index (χ4v) is 2.60. The lowest BCUT2D eigenvalue weighted by molar-refractivity contribution is -0.120. The molecule has 1 aliphatic rings. The number of rotatable bonds is 6. The van der Waals surface area contributed by atoms with E-state index in [0.29, 0.717) is 23.6 Å². The third-order valence-electron chi connectivity index (χ3n) is 3.74. The maximum atomic E-state index is 12.5. The highest BCUT2D eigenvalue weighted by Gasteiger charge is 2.29. The van der Waals surface area contributed by atoms with Gasteiger partial charge in [-0.15, -0.1) is 0 Å². The second-order valence-corrected chi connectivity index (χ2v) is 5.96. The van der Waals surface area contributed by atoms with E-state index in [1.54, 1.807) is 0 Å². The lowest BCUT2D eigenvalue weighted by atomic mass is 9.98. The van der Waals surface area contributed by atoms with Crippen molar-refractivity contribution in [1.82, 2.24) is 5.32 Å². The fraction of sp³-hybridized carbons (Fsp3) is 0.444. The highest BCUT2D eigenvalue weighted by Crippen LogP contribution is 2.35. The largest absolute Gasteiger partial charge is 0.323 e. The van der Waals surface area contributed by atoms with Gasteiger partial charge in [-0.25, -0.2) is 0 Å². The minimum Gasteiger partial charge on any atom is -0.323 e. The molecule has 21 heavy (non-hydrogen) atoms. The molecular formula is C18H23NO2. The highest BCUT2D eigenvalue weighted by atomic mass is 16.2. The number of allylic oxidation sites excluding steroid dienone is 2. The first-order valence-electron chi connectivity index (χ1n) is 7.71. The van der Waals surface area contributed by atoms with E-state index in [4.69, 9.17) is 0 Å². The highest BCUT2D eigenvalue weighted by molar-refractivity contribution is 6.21. The molecule has 0 saturated carbocycles. The van der Waals surface area contributed by atoms with Crippen LogP contribution in [-0.4, -0.2) is 11.7 Å². The summed E-state index contributed by atoms with van der Waals surface area (Å²) in [6.07, 6.45) is 3.05. The molecule has 0 aliphatic heterocycles. The topological polar surface area (TPSA) is 46.2 Å². The van der Waals surface area contributed by atoms with Gasteiger partial charge in [-0.1, -0.05) is 45.0 Å². The summed E-state index contributed by atoms with van der Waals surface area (Å²) >= 11 is 0. The molecule has 0 aromatic heterocycles. The van der Waals surface area contributed by atoms with Crippen LogP contribution in [0.2, 0.25) is 0 Å². The number of ketones is 1. The molecule has 3 heteroatoms. The number of carbonyl (C=O) groups excluding carboxylic acids is 2. The molecule has 1 aromatic rings. The van der Waals surface area contributed by atoms with Crippen LogP contribution in [0, 0.1) is 5.92 Å². The average molecular weight is 285 g/mol. The Morgan fingerprint density at radius 3 is 2.48 bits per heavy atom. The number of hydrogen-bond acceptors (Lipinski definition) is 2. The van der Waals surface area contributed by atoms with Gasteiger partial charge in [-0.2, -0.15) is 0 Å². The first-order valence-corrected chi connectivity index (χ1v) is 7.71. The van der Waals surface area contributed by atoms with Gasteiger partial charge in [0.05, 0.1) is 5.70 Å². The Morgan fingerprint density at radius 1 is 1.19 bits per heavy atom. The zero-order valence-electron chi connectivity index (χ0n) is 13.0. The van der Waals surface area contributed by atoms with E-state index < -0.39 is 0 Å². The molecule has 0 unspecified atom stereocenters. The van der Waals surface area contributed by atoms with Crippen molar-refractivity contribution in [3.05, 3.63) is 41.1 Å². The quantitative estimate of drug-likeness (QED) is 0.860. The molecule has 2 rings (SSSR count). The second kappa shape index (κ2) is 6.70. The van der Waals surface area contributed by atoms with Gasteiger partial charge in [0.2, 0.25) is 11.7 Å². The maximum absolute atomic E-state index is 12.5. The van der Waals surface area contributed by atoms with Gasteiger partial charge in [0, 0.05) is 12.0 Å². The number of Topliss-reactive ketones (excluding diaryl/α,β-unsaturated/α-hetero) is 1. The van der Waals surface area contributed by atoms with Crippen molar-refractivity contribution in [3.63, 3.8) is 0 Å². The smallest absolute Gasteiger partial charge is 0.224 e. The van der Waals surface area contributed by atoms with Crippen LogP contribution >= 0.6 is 0 Å². The number of benzene rings is 1. The summed E-state index contributed by atoms with van der Waals surface area (Å²) in [4.78, 5) is 24.4. The summed E-state index contributed by atoms with van der Waals surface area (Å²) < 4.78 is 0. The molecule has 0 atom stereocenters. The van der Waals surface area contributed by atoms with E-state index in [1.807, 2.05) is 31.2 Å². The zero-order chi connectivity index (χ0) is 15.4. The van der Waals surface area contributed by atoms with E-state index in [-0.39, 0.29) is 11.7 Å². The van der Waals surface area contributed by atoms with Crippen molar-refractivity contribution in [2.75, 3.05) is 0 Å². The van der Waals surface area contributed by atoms with Crippen LogP contribution in [0.3, 0.4) is 0 Å². The lowest BCUT2D eigenvalue weighted by Gasteiger charge is -2.10. The predicted octanol–water partition coefficient (Wildman–Crippen LogP) is 3.95. The van der Waals surface area contributed by atoms with E-state index in [9.17, 15) is 9.59 Å². The number of nitrogens with one attached hydrogen (secondary N) is 1. The standard InChI is InChI=1S/C18H23NO2/c1-4-7-16(20)19-17-14(11-10-12(2)3)13-8-5-6-9-15(13)18(17)21/h5-6,8-9,12H,4,7,10-11H2,1-3H3,(H,19,20,21). The Labute approximate surface area is 126 Å². The van der Waals surface area contributed by atoms with E-state index >= 15 is 0 Å². The minimum atomic E-state index is -0.0734. The molecule has 3 nitrogen and oxygen atoms in total. The fourth-order valence-electron chi connectivity index (χ4n) is 2.60. The first-order chi connectivity index (χ1) is 10.0. The summed E-state index contributed by atoms with van der Waals surface area (Å²) in [5.74, 6) is 0.442. The van der Waals surface area contributed by atoms with Crippen LogP contribution in [0.4, 0.5) is 0 Å². The Morgan fingerprint density at radius 2 is 1.86 bits per heavy atom. The van der Waals surface area contributed by atoms with Crippen molar-refractivity contribution in [3.8, 4) is 0 Å². The third kappa shape index (κ3) is 3.41. The van der Waals surface area contributed by atoms with Crippen LogP contribution < -0.4 is 5.32 Å². The average Bonchev–Trinajstić information content (AvgIpc) is 2.70. The molecule has 1 N–H and O–H groups in total. The maximum Gasteiger partial charge on any atom is 0.224 e. The molecule has 1 amide bonds. The lowest BCUT2D eigenvalue weighted by Crippen LogP contribution is -2.26. The molecule has 1 aliphatic carbocycles. The predicted molar refractivity (Wildman–Crippen MR) is 84.8 cm³/mol. The molecule has 112 valence electrons. The van der Waals surface area contributed by atoms with Gasteiger partial charge in [-0.05, 0) is 36.3 Å². The van der Waals surface area contributed by atoms with Crippen molar-refractivity contribution >= 4 is 17.3 Å². The molecule has 0 saturated heterocycles. The summed E-state index contributed by atoms with van der Waals surface area (Å²) in [6.45, 7) is 6.29. The number of fused-ring (bicyclic) bond motifs is 1. The minimum absolute atomic E-state index is 0.0474. The van der Waals surface area contributed by atoms with Crippen LogP contribution in [-0.2, 0) is 4.79 Å². The molecule has 0 spiro atoms. The number of carbonyl (C=O) groups is 2. The van der Waals surface area contributed by atoms with Gasteiger partial charge < -0.3 is 5.32 Å². The second-order valence-electron chi connectivity index (χ2n) is 5.96. The van der Waals surface area contributed by atoms with Crippen LogP contribution in [0.15, 0.2) is 30.0 Å². The monoisotopic (exact) mass is 285 g/mol. The summed E-state index contributed by atoms with van der Waals surface area (Å²) in [5, 5.41) is 2.84. The summed E-state index contributed by atoms with van der Waals surface area (Å²) in [7, 11) is 0. The SMILES string of the molecule is CCCC(=O)NC1=C(CCC(C)C)c2ccccc2C1=O. The van der Waals surface area contributed by atoms with Gasteiger partial charge in [0.15, 0.2) is 0 Å². The molecule has 1 aromatic carbocycles. The summed E-state index contributed by atoms with van der Waals surface area (Å²) in [6, 6.07) is 7.62. The Hall–Kier alpha value is -1.90. The van der Waals surface area contributed by atoms with Gasteiger partial charge >= 0.3 is 0 Å². The summed E-state index contributed by atoms with van der Waals surface area (Å²) in [5.41, 5.74) is 3.18. The molecule has 0 bridgehead atoms. The number of hydrogen-bond donors (Lipinski definition) is 1. The molecular weight excluding hydrogens is 262 g/mol. The van der Waals surface area contributed by atoms with Crippen LogP contribution in [0.5, 0.6) is 0 Å². The Bertz CT molecular complexity index is 585. The van der Waals surface area contributed by atoms with Gasteiger partial charge in [-0.3, -0.25) is 9.59 Å². The van der Waals surface area contributed by atoms with Crippen molar-refractivity contribution < 1.29 is 9.59 Å². The van der Waals surface area contributed by atoms with Crippen molar-refractivity contribution in [2.24, 2.45) is 5.92 Å². The first kappa shape index (κ1) is 15.5. The van der Waals surface area contributed by atoms with Gasteiger partial charge in [0.25, 0.3) is 0 Å². The third-order valence-corrected chi connectivity index (χ3v) is 3.74. The number of amides is 1. The Kier molecular flexibility index (Phi) is 4.94. The molecule has 0 heterocycles. The van der Waals surface area contributed by atoms with Crippen molar-refractivity contribution in [2.45, 2.75) is 46.5 Å². The Balaban J connectivity index is 2.33.